The summed E-state index contributed by atoms with van der Waals surface area (Å²) in [6.07, 6.45) is -4.79. The van der Waals surface area contributed by atoms with Gasteiger partial charge in [0.1, 0.15) is 0 Å². The summed E-state index contributed by atoms with van der Waals surface area (Å²) in [6, 6.07) is 0. The van der Waals surface area contributed by atoms with E-state index in [1.807, 2.05) is 0 Å². The van der Waals surface area contributed by atoms with Crippen molar-refractivity contribution in [1.82, 2.24) is 15.0 Å². The SMILES string of the molecule is NC(=O)c1nnn(CCOCCO)c1C(F)(F)F. The number of nitrogens with zero attached hydrogens (tertiary/aromatic N) is 3. The van der Waals surface area contributed by atoms with E-state index in [2.05, 4.69) is 10.3 Å². The van der Waals surface area contributed by atoms with Crippen LogP contribution in [0, 0.1) is 0 Å². The van der Waals surface area contributed by atoms with Crippen LogP contribution in [0.3, 0.4) is 0 Å². The van der Waals surface area contributed by atoms with Gasteiger partial charge in [0.05, 0.1) is 26.4 Å². The molecule has 0 atom stereocenters. The molecule has 0 saturated heterocycles. The molecule has 0 radical (unpaired) electrons. The molecule has 1 amide bonds. The molecule has 1 rings (SSSR count). The second-order valence-corrected chi connectivity index (χ2v) is 3.21. The molecule has 0 aliphatic rings. The van der Waals surface area contributed by atoms with Crippen molar-refractivity contribution >= 4 is 5.91 Å². The molecule has 1 aromatic heterocycles. The highest BCUT2D eigenvalue weighted by molar-refractivity contribution is 5.91. The van der Waals surface area contributed by atoms with Gasteiger partial charge in [0.25, 0.3) is 5.91 Å². The van der Waals surface area contributed by atoms with Gasteiger partial charge in [-0.05, 0) is 0 Å². The van der Waals surface area contributed by atoms with Crippen molar-refractivity contribution in [2.45, 2.75) is 12.7 Å². The van der Waals surface area contributed by atoms with E-state index in [0.29, 0.717) is 4.68 Å². The highest BCUT2D eigenvalue weighted by Gasteiger charge is 2.40. The largest absolute Gasteiger partial charge is 0.435 e. The standard InChI is InChI=1S/C8H11F3N4O3/c9-8(10,11)6-5(7(12)17)13-14-15(6)1-3-18-4-2-16/h16H,1-4H2,(H2,12,17). The Kier molecular flexibility index (Phi) is 4.62. The molecule has 10 heteroatoms. The zero-order valence-electron chi connectivity index (χ0n) is 9.15. The molecular weight excluding hydrogens is 257 g/mol. The summed E-state index contributed by atoms with van der Waals surface area (Å²) in [6.45, 7) is -0.602. The topological polar surface area (TPSA) is 103 Å². The number of aromatic nitrogens is 3. The minimum atomic E-state index is -4.79. The average Bonchev–Trinajstić information content (AvgIpc) is 2.68. The number of nitrogens with two attached hydrogens (primary N) is 1. The van der Waals surface area contributed by atoms with E-state index in [1.165, 1.54) is 0 Å². The highest BCUT2D eigenvalue weighted by atomic mass is 19.4. The van der Waals surface area contributed by atoms with Crippen LogP contribution in [-0.4, -0.2) is 45.8 Å². The third-order valence-electron chi connectivity index (χ3n) is 1.92. The van der Waals surface area contributed by atoms with Gasteiger partial charge in [0.2, 0.25) is 0 Å². The minimum Gasteiger partial charge on any atom is -0.394 e. The maximum atomic E-state index is 12.7. The molecule has 0 unspecified atom stereocenters. The van der Waals surface area contributed by atoms with Crippen LogP contribution in [0.15, 0.2) is 0 Å². The predicted molar refractivity (Wildman–Crippen MR) is 51.4 cm³/mol. The number of halogens is 3. The van der Waals surface area contributed by atoms with Crippen LogP contribution in [0.2, 0.25) is 0 Å². The Bertz CT molecular complexity index is 418. The first-order valence-corrected chi connectivity index (χ1v) is 4.87. The molecule has 0 aliphatic carbocycles. The Hall–Kier alpha value is -1.68. The van der Waals surface area contributed by atoms with E-state index in [9.17, 15) is 18.0 Å². The number of aliphatic hydroxyl groups excluding tert-OH is 1. The number of hydrogen-bond donors (Lipinski definition) is 2. The van der Waals surface area contributed by atoms with E-state index < -0.39 is 23.5 Å². The third kappa shape index (κ3) is 3.40. The van der Waals surface area contributed by atoms with Gasteiger partial charge in [0.15, 0.2) is 11.4 Å². The first-order chi connectivity index (χ1) is 8.38. The second kappa shape index (κ2) is 5.78. The van der Waals surface area contributed by atoms with Gasteiger partial charge in [-0.25, -0.2) is 4.68 Å². The van der Waals surface area contributed by atoms with E-state index in [1.54, 1.807) is 0 Å². The Morgan fingerprint density at radius 1 is 1.44 bits per heavy atom. The molecule has 0 bridgehead atoms. The Morgan fingerprint density at radius 3 is 2.61 bits per heavy atom. The van der Waals surface area contributed by atoms with Gasteiger partial charge in [-0.1, -0.05) is 5.21 Å². The predicted octanol–water partition coefficient (Wildman–Crippen LogP) is -0.595. The van der Waals surface area contributed by atoms with Crippen molar-refractivity contribution in [3.8, 4) is 0 Å². The molecule has 0 aromatic carbocycles. The van der Waals surface area contributed by atoms with Crippen molar-refractivity contribution in [3.05, 3.63) is 11.4 Å². The molecule has 1 heterocycles. The second-order valence-electron chi connectivity index (χ2n) is 3.21. The summed E-state index contributed by atoms with van der Waals surface area (Å²) in [5, 5.41) is 14.7. The Morgan fingerprint density at radius 2 is 2.11 bits per heavy atom. The molecule has 102 valence electrons. The molecule has 1 aromatic rings. The van der Waals surface area contributed by atoms with Gasteiger partial charge in [0, 0.05) is 0 Å². The average molecular weight is 268 g/mol. The summed E-state index contributed by atoms with van der Waals surface area (Å²) in [5.41, 5.74) is 2.55. The van der Waals surface area contributed by atoms with Crippen LogP contribution in [0.25, 0.3) is 0 Å². The summed E-state index contributed by atoms with van der Waals surface area (Å²) in [4.78, 5) is 10.8. The maximum absolute atomic E-state index is 12.7. The number of carbonyl (C=O) groups excluding carboxylic acids is 1. The number of alkyl halides is 3. The fourth-order valence-corrected chi connectivity index (χ4v) is 1.23. The maximum Gasteiger partial charge on any atom is 0.435 e. The highest BCUT2D eigenvalue weighted by Crippen LogP contribution is 2.30. The summed E-state index contributed by atoms with van der Waals surface area (Å²) < 4.78 is 43.4. The molecule has 18 heavy (non-hydrogen) atoms. The lowest BCUT2D eigenvalue weighted by atomic mass is 10.3. The van der Waals surface area contributed by atoms with Gasteiger partial charge in [-0.3, -0.25) is 4.79 Å². The van der Waals surface area contributed by atoms with E-state index in [4.69, 9.17) is 15.6 Å². The normalized spacial score (nSPS) is 11.8. The van der Waals surface area contributed by atoms with E-state index >= 15 is 0 Å². The number of aliphatic hydroxyl groups is 1. The van der Waals surface area contributed by atoms with Gasteiger partial charge in [-0.15, -0.1) is 5.10 Å². The van der Waals surface area contributed by atoms with Crippen LogP contribution < -0.4 is 5.73 Å². The summed E-state index contributed by atoms with van der Waals surface area (Å²) in [7, 11) is 0. The number of carbonyl (C=O) groups is 1. The summed E-state index contributed by atoms with van der Waals surface area (Å²) >= 11 is 0. The molecular formula is C8H11F3N4O3. The molecule has 0 fully saturated rings. The van der Waals surface area contributed by atoms with Crippen molar-refractivity contribution < 1.29 is 27.8 Å². The van der Waals surface area contributed by atoms with Crippen molar-refractivity contribution in [2.75, 3.05) is 19.8 Å². The van der Waals surface area contributed by atoms with E-state index in [-0.39, 0.29) is 26.4 Å². The minimum absolute atomic E-state index is 0.00126. The van der Waals surface area contributed by atoms with Crippen molar-refractivity contribution in [3.63, 3.8) is 0 Å². The fourth-order valence-electron chi connectivity index (χ4n) is 1.23. The van der Waals surface area contributed by atoms with Crippen molar-refractivity contribution in [2.24, 2.45) is 5.73 Å². The number of primary amides is 1. The smallest absolute Gasteiger partial charge is 0.394 e. The third-order valence-corrected chi connectivity index (χ3v) is 1.92. The molecule has 3 N–H and O–H groups in total. The quantitative estimate of drug-likeness (QED) is 0.671. The van der Waals surface area contributed by atoms with Gasteiger partial charge < -0.3 is 15.6 Å². The Balaban J connectivity index is 2.88. The molecule has 0 aliphatic heterocycles. The van der Waals surface area contributed by atoms with Crippen LogP contribution >= 0.6 is 0 Å². The number of ether oxygens (including phenoxy) is 1. The first kappa shape index (κ1) is 14.4. The lowest BCUT2D eigenvalue weighted by molar-refractivity contribution is -0.144. The molecule has 0 saturated carbocycles. The monoisotopic (exact) mass is 268 g/mol. The zero-order chi connectivity index (χ0) is 13.8. The van der Waals surface area contributed by atoms with Crippen LogP contribution in [0.4, 0.5) is 13.2 Å². The molecule has 7 nitrogen and oxygen atoms in total. The van der Waals surface area contributed by atoms with Gasteiger partial charge in [-0.2, -0.15) is 13.2 Å². The lowest BCUT2D eigenvalue weighted by Gasteiger charge is -2.10. The fraction of sp³-hybridized carbons (Fsp3) is 0.625. The Labute approximate surface area is 99.3 Å². The van der Waals surface area contributed by atoms with Crippen LogP contribution in [-0.2, 0) is 17.5 Å². The number of amides is 1. The number of hydrogen-bond acceptors (Lipinski definition) is 5. The number of rotatable bonds is 6. The zero-order valence-corrected chi connectivity index (χ0v) is 9.15. The van der Waals surface area contributed by atoms with Crippen molar-refractivity contribution in [1.29, 1.82) is 0 Å². The summed E-state index contributed by atoms with van der Waals surface area (Å²) in [5.74, 6) is -1.30. The van der Waals surface area contributed by atoms with Crippen LogP contribution in [0.1, 0.15) is 16.2 Å². The molecule has 0 spiro atoms. The first-order valence-electron chi connectivity index (χ1n) is 4.87. The van der Waals surface area contributed by atoms with E-state index in [0.717, 1.165) is 0 Å². The van der Waals surface area contributed by atoms with Gasteiger partial charge >= 0.3 is 6.18 Å². The lowest BCUT2D eigenvalue weighted by Crippen LogP contribution is -2.23. The van der Waals surface area contributed by atoms with Crippen LogP contribution in [0.5, 0.6) is 0 Å².